The lowest BCUT2D eigenvalue weighted by Crippen LogP contribution is -2.44. The highest BCUT2D eigenvalue weighted by Crippen LogP contribution is 2.18. The van der Waals surface area contributed by atoms with E-state index in [1.54, 1.807) is 0 Å². The SMILES string of the molecule is CC/C=C\C/C=C\C/C=C\C/C=C\C/C=C\CCCCCCCCCCCC(=O)OC(COC(=O)CCCCCCCCCCCCCCCCCCCCCCCC/C=C\C/C=C\C/C=C\C/C=C\CC)COC(OCC[N+](C)(C)C)C(=O)[O-]. The first kappa shape index (κ1) is 81.0. The number of quaternary nitrogens is 1. The number of esters is 2. The molecule has 9 heteroatoms. The lowest BCUT2D eigenvalue weighted by atomic mass is 10.0. The minimum Gasteiger partial charge on any atom is -0.545 e. The molecule has 0 heterocycles. The van der Waals surface area contributed by atoms with E-state index in [-0.39, 0.29) is 38.6 Å². The number of allylic oxidation sites excluding steroid dienone is 18. The van der Waals surface area contributed by atoms with Crippen LogP contribution in [0.25, 0.3) is 0 Å². The molecule has 2 atom stereocenters. The van der Waals surface area contributed by atoms with Crippen LogP contribution in [0.15, 0.2) is 109 Å². The third-order valence-corrected chi connectivity index (χ3v) is 15.0. The summed E-state index contributed by atoms with van der Waals surface area (Å²) in [7, 11) is 5.93. The number of nitrogens with zero attached hydrogens (tertiary/aromatic N) is 1. The van der Waals surface area contributed by atoms with E-state index in [9.17, 15) is 19.5 Å². The number of hydrogen-bond acceptors (Lipinski definition) is 8. The van der Waals surface area contributed by atoms with Crippen molar-refractivity contribution in [2.24, 2.45) is 0 Å². The van der Waals surface area contributed by atoms with E-state index in [1.807, 2.05) is 21.1 Å². The Balaban J connectivity index is 4.08. The Morgan fingerprint density at radius 3 is 0.941 bits per heavy atom. The summed E-state index contributed by atoms with van der Waals surface area (Å²) in [5.41, 5.74) is 0. The van der Waals surface area contributed by atoms with Crippen molar-refractivity contribution in [1.82, 2.24) is 0 Å². The largest absolute Gasteiger partial charge is 0.545 e. The zero-order valence-electron chi connectivity index (χ0n) is 55.7. The van der Waals surface area contributed by atoms with E-state index in [1.165, 1.54) is 161 Å². The van der Waals surface area contributed by atoms with Gasteiger partial charge >= 0.3 is 11.9 Å². The number of carbonyl (C=O) groups excluding carboxylic acids is 3. The highest BCUT2D eigenvalue weighted by atomic mass is 16.7. The molecule has 0 aromatic heterocycles. The Labute approximate surface area is 524 Å². The van der Waals surface area contributed by atoms with Crippen LogP contribution in [0.5, 0.6) is 0 Å². The van der Waals surface area contributed by atoms with Crippen LogP contribution in [0.3, 0.4) is 0 Å². The fourth-order valence-corrected chi connectivity index (χ4v) is 9.73. The molecule has 0 aliphatic rings. The smallest absolute Gasteiger partial charge is 0.306 e. The monoisotopic (exact) mass is 1190 g/mol. The molecule has 0 aromatic rings. The Hall–Kier alpha value is -4.05. The van der Waals surface area contributed by atoms with E-state index in [0.717, 1.165) is 103 Å². The summed E-state index contributed by atoms with van der Waals surface area (Å²) in [6.45, 7) is 4.54. The van der Waals surface area contributed by atoms with E-state index < -0.39 is 24.3 Å². The van der Waals surface area contributed by atoms with Gasteiger partial charge in [-0.05, 0) is 96.3 Å². The van der Waals surface area contributed by atoms with Crippen molar-refractivity contribution in [3.63, 3.8) is 0 Å². The van der Waals surface area contributed by atoms with Gasteiger partial charge in [-0.3, -0.25) is 9.59 Å². The molecule has 0 bridgehead atoms. The van der Waals surface area contributed by atoms with Crippen LogP contribution < -0.4 is 5.11 Å². The van der Waals surface area contributed by atoms with Gasteiger partial charge < -0.3 is 33.3 Å². The molecule has 85 heavy (non-hydrogen) atoms. The maximum Gasteiger partial charge on any atom is 0.306 e. The molecular formula is C76H131NO8. The lowest BCUT2D eigenvalue weighted by Gasteiger charge is -2.26. The highest BCUT2D eigenvalue weighted by Gasteiger charge is 2.22. The molecule has 0 aliphatic carbocycles. The molecule has 0 fully saturated rings. The number of carboxylic acids is 1. The molecule has 488 valence electrons. The van der Waals surface area contributed by atoms with Crippen molar-refractivity contribution in [3.05, 3.63) is 109 Å². The lowest BCUT2D eigenvalue weighted by molar-refractivity contribution is -0.870. The fraction of sp³-hybridized carbons (Fsp3) is 0.724. The molecule has 0 saturated carbocycles. The van der Waals surface area contributed by atoms with Gasteiger partial charge in [0.1, 0.15) is 13.2 Å². The number of ether oxygens (including phenoxy) is 4. The Morgan fingerprint density at radius 2 is 0.635 bits per heavy atom. The number of carboxylic acid groups (broad SMARTS) is 1. The highest BCUT2D eigenvalue weighted by molar-refractivity contribution is 5.70. The van der Waals surface area contributed by atoms with Crippen LogP contribution in [0, 0.1) is 0 Å². The van der Waals surface area contributed by atoms with Crippen LogP contribution in [-0.4, -0.2) is 82.3 Å². The number of rotatable bonds is 64. The third kappa shape index (κ3) is 67.3. The van der Waals surface area contributed by atoms with E-state index >= 15 is 0 Å². The zero-order chi connectivity index (χ0) is 61.9. The zero-order valence-corrected chi connectivity index (χ0v) is 55.7. The number of hydrogen-bond donors (Lipinski definition) is 0. The van der Waals surface area contributed by atoms with Gasteiger partial charge in [0.2, 0.25) is 0 Å². The third-order valence-electron chi connectivity index (χ3n) is 15.0. The van der Waals surface area contributed by atoms with Gasteiger partial charge in [0.25, 0.3) is 0 Å². The number of aliphatic carboxylic acids is 1. The normalized spacial score (nSPS) is 13.4. The molecule has 0 radical (unpaired) electrons. The van der Waals surface area contributed by atoms with Crippen molar-refractivity contribution < 1.29 is 42.9 Å². The van der Waals surface area contributed by atoms with Crippen molar-refractivity contribution in [1.29, 1.82) is 0 Å². The summed E-state index contributed by atoms with van der Waals surface area (Å²) in [6.07, 6.45) is 88.9. The van der Waals surface area contributed by atoms with Crippen LogP contribution in [0.2, 0.25) is 0 Å². The molecule has 0 N–H and O–H groups in total. The Morgan fingerprint density at radius 1 is 0.353 bits per heavy atom. The maximum atomic E-state index is 12.9. The molecule has 9 nitrogen and oxygen atoms in total. The fourth-order valence-electron chi connectivity index (χ4n) is 9.73. The summed E-state index contributed by atoms with van der Waals surface area (Å²) in [5.74, 6) is -2.28. The Kier molecular flexibility index (Phi) is 62.8. The molecule has 0 rings (SSSR count). The minimum atomic E-state index is -1.63. The average molecular weight is 1190 g/mol. The predicted molar refractivity (Wildman–Crippen MR) is 361 cm³/mol. The number of carbonyl (C=O) groups is 3. The molecule has 0 spiro atoms. The Bertz CT molecular complexity index is 1760. The van der Waals surface area contributed by atoms with Crippen molar-refractivity contribution >= 4 is 17.9 Å². The van der Waals surface area contributed by atoms with E-state index in [2.05, 4.69) is 123 Å². The quantitative estimate of drug-likeness (QED) is 0.0195. The standard InChI is InChI=1S/C76H131NO8/c1-6-8-10-12-14-16-18-20-22-24-26-28-30-32-33-34-35-36-37-38-39-40-41-43-44-46-48-50-52-54-56-58-60-62-64-66-73(78)83-70-72(71-84-76(75(80)81)82-69-68-77(3,4)5)85-74(79)67-65-63-61-59-57-55-53-51-49-47-45-42-31-29-27-25-23-21-19-17-15-13-11-9-7-2/h8-11,14-17,20-23,26-29,42,45,72,76H,6-7,12-13,18-19,24-25,30-41,43-44,46-71H2,1-5H3/b10-8-,11-9-,16-14-,17-15-,22-20-,23-21-,28-26-,29-27-,45-42-. The number of likely N-dealkylation sites (N-methyl/N-ethyl adjacent to an activating group) is 1. The van der Waals surface area contributed by atoms with Gasteiger partial charge in [-0.15, -0.1) is 0 Å². The summed E-state index contributed by atoms with van der Waals surface area (Å²) in [6, 6.07) is 0. The van der Waals surface area contributed by atoms with Crippen molar-refractivity contribution in [2.75, 3.05) is 47.5 Å². The topological polar surface area (TPSA) is 111 Å². The van der Waals surface area contributed by atoms with Gasteiger partial charge in [-0.25, -0.2) is 0 Å². The molecule has 0 aliphatic heterocycles. The molecule has 0 aromatic carbocycles. The second kappa shape index (κ2) is 65.9. The van der Waals surface area contributed by atoms with Gasteiger partial charge in [0.05, 0.1) is 40.3 Å². The molecule has 0 saturated heterocycles. The van der Waals surface area contributed by atoms with Crippen LogP contribution >= 0.6 is 0 Å². The second-order valence-corrected chi connectivity index (χ2v) is 24.4. The summed E-state index contributed by atoms with van der Waals surface area (Å²) in [5, 5.41) is 11.8. The number of unbranched alkanes of at least 4 members (excludes halogenated alkanes) is 31. The van der Waals surface area contributed by atoms with Crippen molar-refractivity contribution in [3.8, 4) is 0 Å². The first-order valence-corrected chi connectivity index (χ1v) is 35.0. The average Bonchev–Trinajstić information content (AvgIpc) is 3.49. The molecule has 0 amide bonds. The maximum absolute atomic E-state index is 12.9. The van der Waals surface area contributed by atoms with E-state index in [4.69, 9.17) is 18.9 Å². The second-order valence-electron chi connectivity index (χ2n) is 24.4. The molecule has 2 unspecified atom stereocenters. The van der Waals surface area contributed by atoms with Crippen molar-refractivity contribution in [2.45, 2.75) is 309 Å². The predicted octanol–water partition coefficient (Wildman–Crippen LogP) is 20.5. The van der Waals surface area contributed by atoms with Crippen LogP contribution in [0.1, 0.15) is 296 Å². The van der Waals surface area contributed by atoms with Gasteiger partial charge in [-0.2, -0.15) is 0 Å². The van der Waals surface area contributed by atoms with Gasteiger partial charge in [0, 0.05) is 12.8 Å². The van der Waals surface area contributed by atoms with E-state index in [0.29, 0.717) is 17.4 Å². The van der Waals surface area contributed by atoms with Crippen LogP contribution in [0.4, 0.5) is 0 Å². The van der Waals surface area contributed by atoms with Gasteiger partial charge in [0.15, 0.2) is 12.4 Å². The summed E-state index contributed by atoms with van der Waals surface area (Å²) in [4.78, 5) is 37.5. The first-order valence-electron chi connectivity index (χ1n) is 35.0. The summed E-state index contributed by atoms with van der Waals surface area (Å²) < 4.78 is 22.8. The van der Waals surface area contributed by atoms with Gasteiger partial charge in [-0.1, -0.05) is 297 Å². The molecular weight excluding hydrogens is 1050 g/mol. The first-order chi connectivity index (χ1) is 41.6. The summed E-state index contributed by atoms with van der Waals surface area (Å²) >= 11 is 0. The van der Waals surface area contributed by atoms with Crippen LogP contribution in [-0.2, 0) is 33.3 Å². The minimum absolute atomic E-state index is 0.143.